The van der Waals surface area contributed by atoms with E-state index in [0.717, 1.165) is 5.56 Å². The number of nitriles is 1. The first kappa shape index (κ1) is 21.0. The zero-order chi connectivity index (χ0) is 21.3. The Kier molecular flexibility index (Phi) is 7.14. The van der Waals surface area contributed by atoms with Gasteiger partial charge in [0.05, 0.1) is 11.6 Å². The Morgan fingerprint density at radius 3 is 2.53 bits per heavy atom. The van der Waals surface area contributed by atoms with Crippen molar-refractivity contribution in [2.24, 2.45) is 4.99 Å². The van der Waals surface area contributed by atoms with Crippen LogP contribution in [0, 0.1) is 18.3 Å². The molecule has 152 valence electrons. The standard InChI is InChI=1S/C22H19N3O4S/c1-16-2-4-18(5-3-16)13-25-10-11-30-22(25)24-20(26)14-29-21(27)15-28-19-8-6-17(12-23)7-9-19/h2-11H,13-15H2,1H3. The molecule has 0 aliphatic carbocycles. The predicted molar refractivity (Wildman–Crippen MR) is 111 cm³/mol. The Balaban J connectivity index is 1.50. The van der Waals surface area contributed by atoms with Gasteiger partial charge in [-0.3, -0.25) is 4.79 Å². The smallest absolute Gasteiger partial charge is 0.344 e. The molecule has 0 N–H and O–H groups in total. The fourth-order valence-electron chi connectivity index (χ4n) is 2.49. The third-order valence-electron chi connectivity index (χ3n) is 4.05. The maximum Gasteiger partial charge on any atom is 0.344 e. The number of aromatic nitrogens is 1. The number of ether oxygens (including phenoxy) is 2. The molecule has 0 aliphatic rings. The summed E-state index contributed by atoms with van der Waals surface area (Å²) in [5, 5.41) is 10.6. The van der Waals surface area contributed by atoms with E-state index < -0.39 is 18.5 Å². The molecule has 0 atom stereocenters. The predicted octanol–water partition coefficient (Wildman–Crippen LogP) is 2.83. The van der Waals surface area contributed by atoms with Gasteiger partial charge in [0.1, 0.15) is 5.75 Å². The Hall–Kier alpha value is -3.70. The summed E-state index contributed by atoms with van der Waals surface area (Å²) in [5.41, 5.74) is 2.77. The van der Waals surface area contributed by atoms with E-state index >= 15 is 0 Å². The van der Waals surface area contributed by atoms with Crippen LogP contribution in [0.5, 0.6) is 5.75 Å². The minimum Gasteiger partial charge on any atom is -0.482 e. The molecule has 0 spiro atoms. The molecule has 1 aromatic heterocycles. The van der Waals surface area contributed by atoms with Gasteiger partial charge < -0.3 is 14.0 Å². The minimum absolute atomic E-state index is 0.342. The molecule has 7 nitrogen and oxygen atoms in total. The van der Waals surface area contributed by atoms with Crippen LogP contribution in [-0.2, 0) is 20.9 Å². The van der Waals surface area contributed by atoms with Gasteiger partial charge in [0.2, 0.25) is 0 Å². The van der Waals surface area contributed by atoms with Crippen LogP contribution in [0.1, 0.15) is 16.7 Å². The van der Waals surface area contributed by atoms with Crippen molar-refractivity contribution in [3.63, 3.8) is 0 Å². The molecule has 0 saturated heterocycles. The van der Waals surface area contributed by atoms with Crippen molar-refractivity contribution in [1.82, 2.24) is 4.57 Å². The molecule has 0 radical (unpaired) electrons. The van der Waals surface area contributed by atoms with Crippen LogP contribution in [0.4, 0.5) is 0 Å². The van der Waals surface area contributed by atoms with Gasteiger partial charge >= 0.3 is 5.97 Å². The van der Waals surface area contributed by atoms with Gasteiger partial charge in [0.15, 0.2) is 18.0 Å². The van der Waals surface area contributed by atoms with Gasteiger partial charge in [0.25, 0.3) is 5.91 Å². The van der Waals surface area contributed by atoms with Crippen molar-refractivity contribution in [1.29, 1.82) is 5.26 Å². The highest BCUT2D eigenvalue weighted by molar-refractivity contribution is 7.07. The number of nitrogens with zero attached hydrogens (tertiary/aromatic N) is 3. The third-order valence-corrected chi connectivity index (χ3v) is 4.84. The largest absolute Gasteiger partial charge is 0.482 e. The van der Waals surface area contributed by atoms with E-state index in [-0.39, 0.29) is 6.61 Å². The van der Waals surface area contributed by atoms with Gasteiger partial charge in [-0.05, 0) is 36.8 Å². The molecule has 0 fully saturated rings. The fraction of sp³-hybridized carbons (Fsp3) is 0.182. The number of rotatable bonds is 7. The monoisotopic (exact) mass is 421 g/mol. The molecular weight excluding hydrogens is 402 g/mol. The number of hydrogen-bond donors (Lipinski definition) is 0. The first-order valence-electron chi connectivity index (χ1n) is 9.09. The Labute approximate surface area is 177 Å². The van der Waals surface area contributed by atoms with E-state index in [1.807, 2.05) is 53.4 Å². The molecule has 0 aliphatic heterocycles. The van der Waals surface area contributed by atoms with Crippen LogP contribution in [0.3, 0.4) is 0 Å². The summed E-state index contributed by atoms with van der Waals surface area (Å²) in [5.74, 6) is -0.804. The Morgan fingerprint density at radius 1 is 1.10 bits per heavy atom. The van der Waals surface area contributed by atoms with Crippen LogP contribution in [0.2, 0.25) is 0 Å². The molecule has 0 unspecified atom stereocenters. The molecule has 2 aromatic carbocycles. The SMILES string of the molecule is Cc1ccc(Cn2ccsc2=NC(=O)COC(=O)COc2ccc(C#N)cc2)cc1. The number of hydrogen-bond acceptors (Lipinski definition) is 6. The molecule has 8 heteroatoms. The van der Waals surface area contributed by atoms with E-state index in [2.05, 4.69) is 4.99 Å². The zero-order valence-corrected chi connectivity index (χ0v) is 17.1. The number of amides is 1. The molecule has 0 bridgehead atoms. The van der Waals surface area contributed by atoms with Crippen LogP contribution in [-0.4, -0.2) is 29.7 Å². The average Bonchev–Trinajstić information content (AvgIpc) is 3.19. The third kappa shape index (κ3) is 6.15. The lowest BCUT2D eigenvalue weighted by Gasteiger charge is -2.06. The molecule has 3 rings (SSSR count). The number of carbonyl (C=O) groups excluding carboxylic acids is 2. The average molecular weight is 421 g/mol. The zero-order valence-electron chi connectivity index (χ0n) is 16.3. The number of carbonyl (C=O) groups is 2. The Morgan fingerprint density at radius 2 is 1.83 bits per heavy atom. The van der Waals surface area contributed by atoms with Crippen molar-refractivity contribution in [2.45, 2.75) is 13.5 Å². The minimum atomic E-state index is -0.679. The highest BCUT2D eigenvalue weighted by Crippen LogP contribution is 2.11. The van der Waals surface area contributed by atoms with Crippen molar-refractivity contribution >= 4 is 23.2 Å². The molecule has 0 saturated carbocycles. The summed E-state index contributed by atoms with van der Waals surface area (Å²) in [6, 6.07) is 16.4. The van der Waals surface area contributed by atoms with Crippen LogP contribution in [0.25, 0.3) is 0 Å². The van der Waals surface area contributed by atoms with E-state index in [9.17, 15) is 9.59 Å². The van der Waals surface area contributed by atoms with E-state index in [0.29, 0.717) is 22.7 Å². The summed E-state index contributed by atoms with van der Waals surface area (Å²) in [6.45, 7) is 1.81. The molecule has 1 heterocycles. The lowest BCUT2D eigenvalue weighted by atomic mass is 10.1. The van der Waals surface area contributed by atoms with Crippen LogP contribution >= 0.6 is 11.3 Å². The summed E-state index contributed by atoms with van der Waals surface area (Å²) in [7, 11) is 0. The number of esters is 1. The van der Waals surface area contributed by atoms with Crippen LogP contribution in [0.15, 0.2) is 65.1 Å². The first-order chi connectivity index (χ1) is 14.5. The lowest BCUT2D eigenvalue weighted by molar-refractivity contribution is -0.149. The summed E-state index contributed by atoms with van der Waals surface area (Å²) < 4.78 is 12.1. The number of benzene rings is 2. The topological polar surface area (TPSA) is 93.7 Å². The molecule has 1 amide bonds. The highest BCUT2D eigenvalue weighted by Gasteiger charge is 2.09. The van der Waals surface area contributed by atoms with Crippen molar-refractivity contribution in [3.05, 3.63) is 81.6 Å². The van der Waals surface area contributed by atoms with Gasteiger partial charge in [-0.1, -0.05) is 29.8 Å². The normalized spacial score (nSPS) is 11.0. The second kappa shape index (κ2) is 10.2. The van der Waals surface area contributed by atoms with Crippen molar-refractivity contribution in [2.75, 3.05) is 13.2 Å². The second-order valence-electron chi connectivity index (χ2n) is 6.39. The van der Waals surface area contributed by atoms with Crippen molar-refractivity contribution in [3.8, 4) is 11.8 Å². The van der Waals surface area contributed by atoms with Gasteiger partial charge in [-0.25, -0.2) is 4.79 Å². The molecular formula is C22H19N3O4S. The van der Waals surface area contributed by atoms with Gasteiger partial charge in [0, 0.05) is 18.1 Å². The van der Waals surface area contributed by atoms with E-state index in [1.165, 1.54) is 16.9 Å². The fourth-order valence-corrected chi connectivity index (χ4v) is 3.23. The Bertz CT molecular complexity index is 1120. The van der Waals surface area contributed by atoms with Crippen molar-refractivity contribution < 1.29 is 19.1 Å². The quantitative estimate of drug-likeness (QED) is 0.547. The summed E-state index contributed by atoms with van der Waals surface area (Å²) in [4.78, 5) is 28.4. The first-order valence-corrected chi connectivity index (χ1v) is 9.97. The van der Waals surface area contributed by atoms with Gasteiger partial charge in [-0.2, -0.15) is 10.3 Å². The highest BCUT2D eigenvalue weighted by atomic mass is 32.1. The number of thiazole rings is 1. The number of aryl methyl sites for hydroxylation is 1. The summed E-state index contributed by atoms with van der Waals surface area (Å²) in [6.07, 6.45) is 1.86. The lowest BCUT2D eigenvalue weighted by Crippen LogP contribution is -2.21. The maximum absolute atomic E-state index is 12.1. The summed E-state index contributed by atoms with van der Waals surface area (Å²) >= 11 is 1.33. The molecule has 3 aromatic rings. The maximum atomic E-state index is 12.1. The second-order valence-corrected chi connectivity index (χ2v) is 7.26. The van der Waals surface area contributed by atoms with Gasteiger partial charge in [-0.15, -0.1) is 11.3 Å². The van der Waals surface area contributed by atoms with Crippen LogP contribution < -0.4 is 9.54 Å². The molecule has 30 heavy (non-hydrogen) atoms. The van der Waals surface area contributed by atoms with E-state index in [1.54, 1.807) is 24.3 Å². The van der Waals surface area contributed by atoms with E-state index in [4.69, 9.17) is 14.7 Å².